The predicted octanol–water partition coefficient (Wildman–Crippen LogP) is 0.280. The van der Waals surface area contributed by atoms with Gasteiger partial charge in [0.2, 0.25) is 0 Å². The summed E-state index contributed by atoms with van der Waals surface area (Å²) in [4.78, 5) is 22.2. The number of aliphatic hydroxyl groups is 1. The Bertz CT molecular complexity index is 212. The lowest BCUT2D eigenvalue weighted by atomic mass is 9.84. The molecule has 0 amide bonds. The zero-order chi connectivity index (χ0) is 9.84. The second-order valence-electron chi connectivity index (χ2n) is 3.29. The minimum atomic E-state index is -1.27. The second-order valence-corrected chi connectivity index (χ2v) is 3.29. The first-order valence-electron chi connectivity index (χ1n) is 4.45. The van der Waals surface area contributed by atoms with Crippen molar-refractivity contribution in [3.63, 3.8) is 0 Å². The number of hydrogen-bond donors (Lipinski definition) is 1. The quantitative estimate of drug-likeness (QED) is 0.629. The van der Waals surface area contributed by atoms with E-state index in [1.54, 1.807) is 0 Å². The van der Waals surface area contributed by atoms with Gasteiger partial charge in [-0.1, -0.05) is 6.42 Å². The van der Waals surface area contributed by atoms with E-state index in [0.29, 0.717) is 12.8 Å². The first-order valence-corrected chi connectivity index (χ1v) is 4.45. The Kier molecular flexibility index (Phi) is 3.42. The molecule has 1 aliphatic rings. The number of carbonyl (C=O) groups excluding carboxylic acids is 2. The van der Waals surface area contributed by atoms with Crippen LogP contribution < -0.4 is 0 Å². The lowest BCUT2D eigenvalue weighted by Crippen LogP contribution is -2.37. The Morgan fingerprint density at radius 1 is 1.62 bits per heavy atom. The minimum absolute atomic E-state index is 0.0239. The highest BCUT2D eigenvalue weighted by Gasteiger charge is 2.33. The van der Waals surface area contributed by atoms with Crippen molar-refractivity contribution >= 4 is 11.8 Å². The Balaban J connectivity index is 2.58. The van der Waals surface area contributed by atoms with E-state index in [1.165, 1.54) is 7.11 Å². The van der Waals surface area contributed by atoms with Gasteiger partial charge < -0.3 is 9.84 Å². The van der Waals surface area contributed by atoms with Crippen molar-refractivity contribution in [3.8, 4) is 0 Å². The number of methoxy groups -OCH3 is 1. The normalized spacial score (nSPS) is 25.4. The molecule has 0 aromatic rings. The zero-order valence-corrected chi connectivity index (χ0v) is 7.66. The molecule has 1 saturated carbocycles. The molecule has 1 rings (SSSR count). The van der Waals surface area contributed by atoms with Crippen LogP contribution in [0.3, 0.4) is 0 Å². The summed E-state index contributed by atoms with van der Waals surface area (Å²) in [6, 6.07) is 0. The fraction of sp³-hybridized carbons (Fsp3) is 0.778. The lowest BCUT2D eigenvalue weighted by Gasteiger charge is -2.23. The summed E-state index contributed by atoms with van der Waals surface area (Å²) in [5.41, 5.74) is 0. The third kappa shape index (κ3) is 2.28. The predicted molar refractivity (Wildman–Crippen MR) is 45.0 cm³/mol. The second kappa shape index (κ2) is 4.37. The van der Waals surface area contributed by atoms with Gasteiger partial charge in [-0.2, -0.15) is 0 Å². The van der Waals surface area contributed by atoms with Crippen LogP contribution in [-0.4, -0.2) is 30.1 Å². The molecule has 4 heteroatoms. The molecule has 0 aromatic carbocycles. The van der Waals surface area contributed by atoms with Gasteiger partial charge in [-0.05, 0) is 12.8 Å². The summed E-state index contributed by atoms with van der Waals surface area (Å²) in [5, 5.41) is 9.42. The molecule has 1 N–H and O–H groups in total. The summed E-state index contributed by atoms with van der Waals surface area (Å²) < 4.78 is 4.37. The van der Waals surface area contributed by atoms with Gasteiger partial charge in [0.15, 0.2) is 6.10 Å². The van der Waals surface area contributed by atoms with E-state index in [0.717, 1.165) is 12.8 Å². The average molecular weight is 186 g/mol. The highest BCUT2D eigenvalue weighted by molar-refractivity contribution is 5.88. The number of ketones is 1. The Morgan fingerprint density at radius 3 is 2.85 bits per heavy atom. The van der Waals surface area contributed by atoms with Crippen LogP contribution >= 0.6 is 0 Å². The maximum atomic E-state index is 11.3. The van der Waals surface area contributed by atoms with Crippen LogP contribution in [-0.2, 0) is 14.3 Å². The molecule has 0 radical (unpaired) electrons. The molecule has 0 heterocycles. The molecule has 74 valence electrons. The molecule has 0 saturated heterocycles. The van der Waals surface area contributed by atoms with Crippen LogP contribution in [0, 0.1) is 5.92 Å². The van der Waals surface area contributed by atoms with Crippen molar-refractivity contribution < 1.29 is 19.4 Å². The Labute approximate surface area is 76.9 Å². The third-order valence-corrected chi connectivity index (χ3v) is 2.43. The molecule has 1 aliphatic carbocycles. The molecular weight excluding hydrogens is 172 g/mol. The topological polar surface area (TPSA) is 63.6 Å². The monoisotopic (exact) mass is 186 g/mol. The van der Waals surface area contributed by atoms with Crippen LogP contribution in [0.5, 0.6) is 0 Å². The first kappa shape index (κ1) is 10.2. The zero-order valence-electron chi connectivity index (χ0n) is 7.66. The molecular formula is C9H14O4. The van der Waals surface area contributed by atoms with Crippen LogP contribution in [0.1, 0.15) is 25.7 Å². The fourth-order valence-corrected chi connectivity index (χ4v) is 1.63. The molecule has 0 bridgehead atoms. The molecule has 2 unspecified atom stereocenters. The van der Waals surface area contributed by atoms with Crippen molar-refractivity contribution in [2.75, 3.05) is 7.11 Å². The maximum absolute atomic E-state index is 11.3. The maximum Gasteiger partial charge on any atom is 0.335 e. The highest BCUT2D eigenvalue weighted by atomic mass is 16.5. The summed E-state index contributed by atoms with van der Waals surface area (Å²) in [7, 11) is 1.21. The van der Waals surface area contributed by atoms with Crippen molar-refractivity contribution in [3.05, 3.63) is 0 Å². The Morgan fingerprint density at radius 2 is 2.31 bits per heavy atom. The number of esters is 1. The summed E-state index contributed by atoms with van der Waals surface area (Å²) in [5.74, 6) is -1.27. The molecule has 0 aromatic heterocycles. The molecule has 0 aliphatic heterocycles. The molecule has 0 spiro atoms. The molecule has 2 atom stereocenters. The SMILES string of the molecule is COC(=O)C(O)C1CCCCC1=O. The number of hydrogen-bond acceptors (Lipinski definition) is 4. The third-order valence-electron chi connectivity index (χ3n) is 2.43. The first-order chi connectivity index (χ1) is 6.16. The standard InChI is InChI=1S/C9H14O4/c1-13-9(12)8(11)6-4-2-3-5-7(6)10/h6,8,11H,2-5H2,1H3. The van der Waals surface area contributed by atoms with Crippen LogP contribution in [0.2, 0.25) is 0 Å². The van der Waals surface area contributed by atoms with Crippen molar-refractivity contribution in [2.45, 2.75) is 31.8 Å². The minimum Gasteiger partial charge on any atom is -0.467 e. The van der Waals surface area contributed by atoms with Crippen LogP contribution in [0.15, 0.2) is 0 Å². The van der Waals surface area contributed by atoms with E-state index in [-0.39, 0.29) is 5.78 Å². The van der Waals surface area contributed by atoms with Gasteiger partial charge in [-0.25, -0.2) is 4.79 Å². The van der Waals surface area contributed by atoms with Gasteiger partial charge in [0.25, 0.3) is 0 Å². The van der Waals surface area contributed by atoms with Crippen LogP contribution in [0.4, 0.5) is 0 Å². The smallest absolute Gasteiger partial charge is 0.335 e. The summed E-state index contributed by atoms with van der Waals surface area (Å²) >= 11 is 0. The van der Waals surface area contributed by atoms with Gasteiger partial charge >= 0.3 is 5.97 Å². The Hall–Kier alpha value is -0.900. The number of carbonyl (C=O) groups is 2. The van der Waals surface area contributed by atoms with Gasteiger partial charge in [-0.15, -0.1) is 0 Å². The van der Waals surface area contributed by atoms with E-state index in [9.17, 15) is 14.7 Å². The largest absolute Gasteiger partial charge is 0.467 e. The molecule has 4 nitrogen and oxygen atoms in total. The van der Waals surface area contributed by atoms with E-state index < -0.39 is 18.0 Å². The highest BCUT2D eigenvalue weighted by Crippen LogP contribution is 2.23. The number of ether oxygens (including phenoxy) is 1. The summed E-state index contributed by atoms with van der Waals surface area (Å²) in [6.07, 6.45) is 1.56. The van der Waals surface area contributed by atoms with Gasteiger partial charge in [0.05, 0.1) is 13.0 Å². The molecule has 13 heavy (non-hydrogen) atoms. The van der Waals surface area contributed by atoms with Gasteiger partial charge in [0, 0.05) is 6.42 Å². The van der Waals surface area contributed by atoms with Crippen molar-refractivity contribution in [1.29, 1.82) is 0 Å². The van der Waals surface area contributed by atoms with E-state index >= 15 is 0 Å². The number of Topliss-reactive ketones (excluding diaryl/α,β-unsaturated/α-hetero) is 1. The van der Waals surface area contributed by atoms with E-state index in [1.807, 2.05) is 0 Å². The van der Waals surface area contributed by atoms with Crippen molar-refractivity contribution in [1.82, 2.24) is 0 Å². The van der Waals surface area contributed by atoms with Crippen LogP contribution in [0.25, 0.3) is 0 Å². The molecule has 1 fully saturated rings. The lowest BCUT2D eigenvalue weighted by molar-refractivity contribution is -0.157. The van der Waals surface area contributed by atoms with Crippen molar-refractivity contribution in [2.24, 2.45) is 5.92 Å². The average Bonchev–Trinajstić information content (AvgIpc) is 2.16. The number of aliphatic hydroxyl groups excluding tert-OH is 1. The number of rotatable bonds is 2. The van der Waals surface area contributed by atoms with E-state index in [2.05, 4.69) is 4.74 Å². The van der Waals surface area contributed by atoms with Gasteiger partial charge in [0.1, 0.15) is 5.78 Å². The fourth-order valence-electron chi connectivity index (χ4n) is 1.63. The van der Waals surface area contributed by atoms with Gasteiger partial charge in [-0.3, -0.25) is 4.79 Å². The summed E-state index contributed by atoms with van der Waals surface area (Å²) in [6.45, 7) is 0. The van der Waals surface area contributed by atoms with E-state index in [4.69, 9.17) is 0 Å².